The van der Waals surface area contributed by atoms with E-state index in [0.29, 0.717) is 18.9 Å². The van der Waals surface area contributed by atoms with Crippen molar-refractivity contribution < 1.29 is 9.59 Å². The van der Waals surface area contributed by atoms with E-state index in [4.69, 9.17) is 4.98 Å². The lowest BCUT2D eigenvalue weighted by molar-refractivity contribution is -0.137. The standard InChI is InChI=1S/C34H32N4O2S2/c39-31(20-22-13-14-22)37-32(24-10-5-2-6-11-24)34(40)38-19-7-12-26(38)33-35-21-25(36-33)28-16-18-30(42-28)29-17-15-27(41-29)23-8-3-1-4-9-23/h1-6,8-11,15-18,21-22,26,32H,7,12-14,19-20H2,(H,35,36)(H,37,39)/t26-,32-/m0/s1. The lowest BCUT2D eigenvalue weighted by atomic mass is 10.0. The lowest BCUT2D eigenvalue weighted by Crippen LogP contribution is -2.43. The minimum absolute atomic E-state index is 0.0501. The summed E-state index contributed by atoms with van der Waals surface area (Å²) in [6.07, 6.45) is 6.30. The van der Waals surface area contributed by atoms with Crippen molar-refractivity contribution in [3.63, 3.8) is 0 Å². The Hall–Kier alpha value is -4.01. The predicted molar refractivity (Wildman–Crippen MR) is 169 cm³/mol. The number of H-pyrrole nitrogens is 1. The van der Waals surface area contributed by atoms with Crippen LogP contribution in [-0.2, 0) is 9.59 Å². The zero-order valence-electron chi connectivity index (χ0n) is 23.2. The molecule has 42 heavy (non-hydrogen) atoms. The Morgan fingerprint density at radius 1 is 0.857 bits per heavy atom. The molecule has 212 valence electrons. The van der Waals surface area contributed by atoms with E-state index in [1.54, 1.807) is 22.7 Å². The van der Waals surface area contributed by atoms with Crippen LogP contribution in [0, 0.1) is 5.92 Å². The van der Waals surface area contributed by atoms with Crippen LogP contribution in [-0.4, -0.2) is 33.2 Å². The smallest absolute Gasteiger partial charge is 0.250 e. The molecule has 8 heteroatoms. The minimum Gasteiger partial charge on any atom is -0.341 e. The number of likely N-dealkylation sites (tertiary alicyclic amines) is 1. The van der Waals surface area contributed by atoms with Gasteiger partial charge in [0, 0.05) is 27.6 Å². The Morgan fingerprint density at radius 2 is 1.52 bits per heavy atom. The molecule has 4 heterocycles. The molecule has 2 aliphatic rings. The van der Waals surface area contributed by atoms with Crippen molar-refractivity contribution >= 4 is 34.5 Å². The molecule has 2 amide bonds. The van der Waals surface area contributed by atoms with Gasteiger partial charge in [-0.05, 0) is 67.0 Å². The Balaban J connectivity index is 1.09. The third kappa shape index (κ3) is 5.69. The van der Waals surface area contributed by atoms with Crippen molar-refractivity contribution in [1.29, 1.82) is 0 Å². The normalized spacial score (nSPS) is 17.3. The van der Waals surface area contributed by atoms with Gasteiger partial charge in [0.25, 0.3) is 0 Å². The molecule has 0 radical (unpaired) electrons. The van der Waals surface area contributed by atoms with Gasteiger partial charge in [-0.1, -0.05) is 60.7 Å². The summed E-state index contributed by atoms with van der Waals surface area (Å²) in [5, 5.41) is 3.06. The molecule has 6 nitrogen and oxygen atoms in total. The van der Waals surface area contributed by atoms with Crippen LogP contribution in [0.4, 0.5) is 0 Å². The molecule has 1 saturated heterocycles. The first-order chi connectivity index (χ1) is 20.6. The Kier molecular flexibility index (Phi) is 7.48. The molecule has 1 saturated carbocycles. The van der Waals surface area contributed by atoms with Crippen LogP contribution in [0.5, 0.6) is 0 Å². The van der Waals surface area contributed by atoms with E-state index < -0.39 is 6.04 Å². The molecule has 2 fully saturated rings. The van der Waals surface area contributed by atoms with Crippen molar-refractivity contribution in [2.24, 2.45) is 5.92 Å². The second kappa shape index (κ2) is 11.7. The lowest BCUT2D eigenvalue weighted by Gasteiger charge is -2.28. The molecule has 0 unspecified atom stereocenters. The number of hydrogen-bond acceptors (Lipinski definition) is 5. The van der Waals surface area contributed by atoms with E-state index in [1.165, 1.54) is 20.2 Å². The third-order valence-corrected chi connectivity index (χ3v) is 10.5. The van der Waals surface area contributed by atoms with Crippen molar-refractivity contribution in [3.05, 3.63) is 103 Å². The van der Waals surface area contributed by atoms with E-state index in [-0.39, 0.29) is 17.9 Å². The van der Waals surface area contributed by atoms with Gasteiger partial charge in [-0.3, -0.25) is 9.59 Å². The fraction of sp³-hybridized carbons (Fsp3) is 0.265. The highest BCUT2D eigenvalue weighted by molar-refractivity contribution is 7.25. The third-order valence-electron chi connectivity index (χ3n) is 8.08. The quantitative estimate of drug-likeness (QED) is 0.183. The number of rotatable bonds is 9. The van der Waals surface area contributed by atoms with Crippen LogP contribution < -0.4 is 5.32 Å². The summed E-state index contributed by atoms with van der Waals surface area (Å²) < 4.78 is 0. The SMILES string of the molecule is O=C(CC1CC1)N[C@H](C(=O)N1CCC[C@H]1c1ncc(-c2ccc(-c3ccc(-c4ccccc4)s3)s2)[nH]1)c1ccccc1. The van der Waals surface area contributed by atoms with Crippen LogP contribution in [0.15, 0.2) is 91.1 Å². The Morgan fingerprint density at radius 3 is 2.26 bits per heavy atom. The number of aromatic amines is 1. The molecule has 5 aromatic rings. The summed E-state index contributed by atoms with van der Waals surface area (Å²) >= 11 is 3.54. The number of carbonyl (C=O) groups is 2. The van der Waals surface area contributed by atoms with Gasteiger partial charge >= 0.3 is 0 Å². The first kappa shape index (κ1) is 26.9. The molecule has 1 aliphatic carbocycles. The molecular weight excluding hydrogens is 561 g/mol. The van der Waals surface area contributed by atoms with Gasteiger partial charge < -0.3 is 15.2 Å². The van der Waals surface area contributed by atoms with E-state index in [1.807, 2.05) is 47.5 Å². The maximum Gasteiger partial charge on any atom is 0.250 e. The molecular formula is C34H32N4O2S2. The number of aromatic nitrogens is 2. The zero-order chi connectivity index (χ0) is 28.5. The first-order valence-electron chi connectivity index (χ1n) is 14.6. The summed E-state index contributed by atoms with van der Waals surface area (Å²) in [5.74, 6) is 1.13. The van der Waals surface area contributed by atoms with Gasteiger partial charge in [0.05, 0.1) is 22.8 Å². The van der Waals surface area contributed by atoms with Crippen LogP contribution in [0.2, 0.25) is 0 Å². The number of imidazole rings is 1. The average molecular weight is 593 g/mol. The van der Waals surface area contributed by atoms with Crippen LogP contribution in [0.1, 0.15) is 55.6 Å². The summed E-state index contributed by atoms with van der Waals surface area (Å²) in [5.41, 5.74) is 3.00. The number of hydrogen-bond donors (Lipinski definition) is 2. The van der Waals surface area contributed by atoms with Gasteiger partial charge in [-0.2, -0.15) is 0 Å². The number of nitrogens with one attached hydrogen (secondary N) is 2. The van der Waals surface area contributed by atoms with Crippen LogP contribution in [0.25, 0.3) is 30.8 Å². The Labute approximate surface area is 253 Å². The predicted octanol–water partition coefficient (Wildman–Crippen LogP) is 7.85. The second-order valence-electron chi connectivity index (χ2n) is 11.1. The molecule has 1 aliphatic heterocycles. The van der Waals surface area contributed by atoms with E-state index >= 15 is 0 Å². The van der Waals surface area contributed by atoms with Crippen molar-refractivity contribution in [2.75, 3.05) is 6.54 Å². The van der Waals surface area contributed by atoms with E-state index in [0.717, 1.165) is 47.6 Å². The van der Waals surface area contributed by atoms with E-state index in [2.05, 4.69) is 58.8 Å². The molecule has 2 N–H and O–H groups in total. The number of benzene rings is 2. The van der Waals surface area contributed by atoms with Gasteiger partial charge in [-0.25, -0.2) is 4.98 Å². The topological polar surface area (TPSA) is 78.1 Å². The molecule has 2 atom stereocenters. The summed E-state index contributed by atoms with van der Waals surface area (Å²) in [6.45, 7) is 0.645. The maximum atomic E-state index is 14.0. The second-order valence-corrected chi connectivity index (χ2v) is 13.3. The monoisotopic (exact) mass is 592 g/mol. The average Bonchev–Trinajstić information content (AvgIpc) is 3.54. The maximum absolute atomic E-state index is 14.0. The fourth-order valence-electron chi connectivity index (χ4n) is 5.69. The molecule has 7 rings (SSSR count). The summed E-state index contributed by atoms with van der Waals surface area (Å²) in [7, 11) is 0. The Bertz CT molecular complexity index is 1690. The molecule has 3 aromatic heterocycles. The number of nitrogens with zero attached hydrogens (tertiary/aromatic N) is 2. The number of amides is 2. The minimum atomic E-state index is -0.695. The van der Waals surface area contributed by atoms with Crippen molar-refractivity contribution in [1.82, 2.24) is 20.2 Å². The van der Waals surface area contributed by atoms with Gasteiger partial charge in [0.15, 0.2) is 0 Å². The first-order valence-corrected chi connectivity index (χ1v) is 16.2. The highest BCUT2D eigenvalue weighted by atomic mass is 32.1. The number of thiophene rings is 2. The van der Waals surface area contributed by atoms with Gasteiger partial charge in [0.1, 0.15) is 11.9 Å². The largest absolute Gasteiger partial charge is 0.341 e. The van der Waals surface area contributed by atoms with E-state index in [9.17, 15) is 9.59 Å². The summed E-state index contributed by atoms with van der Waals surface area (Å²) in [6, 6.07) is 27.9. The highest BCUT2D eigenvalue weighted by Crippen LogP contribution is 2.41. The molecule has 0 spiro atoms. The number of carbonyl (C=O) groups excluding carboxylic acids is 2. The van der Waals surface area contributed by atoms with Crippen LogP contribution >= 0.6 is 22.7 Å². The zero-order valence-corrected chi connectivity index (χ0v) is 24.8. The highest BCUT2D eigenvalue weighted by Gasteiger charge is 2.37. The van der Waals surface area contributed by atoms with Gasteiger partial charge in [-0.15, -0.1) is 22.7 Å². The summed E-state index contributed by atoms with van der Waals surface area (Å²) in [4.78, 5) is 41.8. The van der Waals surface area contributed by atoms with Gasteiger partial charge in [0.2, 0.25) is 11.8 Å². The molecule has 0 bridgehead atoms. The van der Waals surface area contributed by atoms with Crippen molar-refractivity contribution in [2.45, 2.75) is 44.2 Å². The van der Waals surface area contributed by atoms with Crippen molar-refractivity contribution in [3.8, 4) is 30.8 Å². The van der Waals surface area contributed by atoms with Crippen LogP contribution in [0.3, 0.4) is 0 Å². The molecule has 2 aromatic carbocycles. The fourth-order valence-corrected chi connectivity index (χ4v) is 7.77.